The van der Waals surface area contributed by atoms with Gasteiger partial charge >= 0.3 is 0 Å². The molecule has 0 bridgehead atoms. The fourth-order valence-electron chi connectivity index (χ4n) is 3.89. The monoisotopic (exact) mass is 338 g/mol. The van der Waals surface area contributed by atoms with Crippen LogP contribution >= 0.6 is 0 Å². The summed E-state index contributed by atoms with van der Waals surface area (Å²) < 4.78 is 0. The quantitative estimate of drug-likeness (QED) is 0.439. The average Bonchev–Trinajstić information content (AvgIpc) is 3.21. The molecule has 0 aromatic heterocycles. The predicted molar refractivity (Wildman–Crippen MR) is 115 cm³/mol. The lowest BCUT2D eigenvalue weighted by atomic mass is 9.76. The number of hydrogen-bond acceptors (Lipinski definition) is 0. The van der Waals surface area contributed by atoms with Crippen molar-refractivity contribution in [1.29, 1.82) is 0 Å². The van der Waals surface area contributed by atoms with Crippen molar-refractivity contribution in [3.05, 3.63) is 12.2 Å². The molecule has 0 saturated heterocycles. The summed E-state index contributed by atoms with van der Waals surface area (Å²) in [6.07, 6.45) is 10.0. The van der Waals surface area contributed by atoms with E-state index < -0.39 is 0 Å². The Morgan fingerprint density at radius 1 is 1.08 bits per heavy atom. The highest BCUT2D eigenvalue weighted by Crippen LogP contribution is 2.61. The van der Waals surface area contributed by atoms with Crippen molar-refractivity contribution in [3.63, 3.8) is 0 Å². The normalized spacial score (nSPS) is 24.7. The molecular formula is C24H50. The maximum absolute atomic E-state index is 4.01. The zero-order valence-corrected chi connectivity index (χ0v) is 17.9. The van der Waals surface area contributed by atoms with Crippen molar-refractivity contribution in [2.45, 2.75) is 115 Å². The first kappa shape index (κ1) is 26.0. The van der Waals surface area contributed by atoms with E-state index in [9.17, 15) is 0 Å². The van der Waals surface area contributed by atoms with Crippen molar-refractivity contribution in [2.24, 2.45) is 28.6 Å². The molecule has 0 aromatic carbocycles. The highest BCUT2D eigenvalue weighted by atomic mass is 14.5. The fraction of sp³-hybridized carbons (Fsp3) is 0.917. The molecule has 3 atom stereocenters. The lowest BCUT2D eigenvalue weighted by Gasteiger charge is -2.30. The Bertz CT molecular complexity index is 318. The third-order valence-corrected chi connectivity index (χ3v) is 6.79. The lowest BCUT2D eigenvalue weighted by Crippen LogP contribution is -2.18. The second-order valence-corrected chi connectivity index (χ2v) is 8.83. The second kappa shape index (κ2) is 11.4. The molecule has 3 unspecified atom stereocenters. The van der Waals surface area contributed by atoms with E-state index in [0.29, 0.717) is 11.3 Å². The lowest BCUT2D eigenvalue weighted by molar-refractivity contribution is 0.242. The number of allylic oxidation sites excluding steroid dienone is 1. The Morgan fingerprint density at radius 3 is 1.67 bits per heavy atom. The van der Waals surface area contributed by atoms with E-state index in [0.717, 1.165) is 17.3 Å². The van der Waals surface area contributed by atoms with E-state index in [2.05, 4.69) is 55.0 Å². The van der Waals surface area contributed by atoms with Crippen LogP contribution in [0.3, 0.4) is 0 Å². The van der Waals surface area contributed by atoms with Crippen LogP contribution in [0.1, 0.15) is 115 Å². The van der Waals surface area contributed by atoms with Crippen molar-refractivity contribution in [1.82, 2.24) is 0 Å². The summed E-state index contributed by atoms with van der Waals surface area (Å²) in [6.45, 7) is 24.2. The van der Waals surface area contributed by atoms with E-state index in [-0.39, 0.29) is 7.43 Å². The van der Waals surface area contributed by atoms with Crippen LogP contribution in [0.4, 0.5) is 0 Å². The molecule has 0 heterocycles. The zero-order valence-electron chi connectivity index (χ0n) is 17.9. The molecule has 0 aliphatic heterocycles. The third-order valence-electron chi connectivity index (χ3n) is 6.79. The Morgan fingerprint density at radius 2 is 1.46 bits per heavy atom. The molecule has 0 amide bonds. The predicted octanol–water partition coefficient (Wildman–Crippen LogP) is 8.91. The number of hydrogen-bond donors (Lipinski definition) is 0. The van der Waals surface area contributed by atoms with E-state index in [1.54, 1.807) is 12.8 Å². The molecule has 0 N–H and O–H groups in total. The van der Waals surface area contributed by atoms with Crippen LogP contribution in [0, 0.1) is 28.6 Å². The Labute approximate surface area is 155 Å². The van der Waals surface area contributed by atoms with Gasteiger partial charge in [0, 0.05) is 0 Å². The first-order valence-corrected chi connectivity index (χ1v) is 10.3. The smallest absolute Gasteiger partial charge is 0.0232 e. The van der Waals surface area contributed by atoms with E-state index in [1.165, 1.54) is 37.7 Å². The number of rotatable bonds is 5. The fourth-order valence-corrected chi connectivity index (χ4v) is 3.89. The molecule has 1 spiro atoms. The van der Waals surface area contributed by atoms with Gasteiger partial charge in [-0.25, -0.2) is 0 Å². The topological polar surface area (TPSA) is 0 Å². The molecule has 2 fully saturated rings. The molecule has 0 nitrogen and oxygen atoms in total. The van der Waals surface area contributed by atoms with Crippen molar-refractivity contribution in [3.8, 4) is 0 Å². The van der Waals surface area contributed by atoms with E-state index >= 15 is 0 Å². The van der Waals surface area contributed by atoms with Gasteiger partial charge in [0.25, 0.3) is 0 Å². The van der Waals surface area contributed by atoms with Crippen molar-refractivity contribution >= 4 is 0 Å². The summed E-state index contributed by atoms with van der Waals surface area (Å²) in [6, 6.07) is 0. The largest absolute Gasteiger partial charge is 0.0999 e. The Hall–Kier alpha value is -0.260. The summed E-state index contributed by atoms with van der Waals surface area (Å²) >= 11 is 0. The van der Waals surface area contributed by atoms with Crippen LogP contribution in [-0.2, 0) is 0 Å². The summed E-state index contributed by atoms with van der Waals surface area (Å²) in [7, 11) is 0. The SMILES string of the molecule is C.C=C(C)C(C)CC(C)(CC)CC.CC.CC1CC2(CC2)CC1C. The van der Waals surface area contributed by atoms with Crippen LogP contribution in [0.15, 0.2) is 12.2 Å². The van der Waals surface area contributed by atoms with Gasteiger partial charge in [0.15, 0.2) is 0 Å². The molecule has 0 aromatic rings. The van der Waals surface area contributed by atoms with Crippen molar-refractivity contribution < 1.29 is 0 Å². The minimum atomic E-state index is 0. The van der Waals surface area contributed by atoms with Gasteiger partial charge in [0.1, 0.15) is 0 Å². The highest BCUT2D eigenvalue weighted by Gasteiger charge is 2.49. The summed E-state index contributed by atoms with van der Waals surface area (Å²) in [5, 5.41) is 0. The van der Waals surface area contributed by atoms with Gasteiger partial charge in [-0.3, -0.25) is 0 Å². The standard InChI is InChI=1S/C12H24.C9H16.C2H6.CH4/c1-7-12(6,8-2)9-11(5)10(3)4;1-7-5-9(3-4-9)6-8(7)2;1-2;/h11H,3,7-9H2,1-2,4-6H3;7-8H,3-6H2,1-2H3;1-2H3;1H4. The van der Waals surface area contributed by atoms with Crippen LogP contribution in [0.5, 0.6) is 0 Å². The minimum absolute atomic E-state index is 0. The molecule has 2 aliphatic rings. The van der Waals surface area contributed by atoms with E-state index in [4.69, 9.17) is 0 Å². The first-order valence-electron chi connectivity index (χ1n) is 10.3. The molecule has 2 rings (SSSR count). The van der Waals surface area contributed by atoms with Crippen LogP contribution in [0.2, 0.25) is 0 Å². The molecule has 2 aliphatic carbocycles. The van der Waals surface area contributed by atoms with Crippen molar-refractivity contribution in [2.75, 3.05) is 0 Å². The van der Waals surface area contributed by atoms with Crippen LogP contribution in [0.25, 0.3) is 0 Å². The Balaban J connectivity index is 0. The minimum Gasteiger partial charge on any atom is -0.0999 e. The van der Waals surface area contributed by atoms with Crippen LogP contribution < -0.4 is 0 Å². The second-order valence-electron chi connectivity index (χ2n) is 8.83. The van der Waals surface area contributed by atoms with E-state index in [1.807, 2.05) is 13.8 Å². The summed E-state index contributed by atoms with van der Waals surface area (Å²) in [5.74, 6) is 2.72. The van der Waals surface area contributed by atoms with Gasteiger partial charge in [0.05, 0.1) is 0 Å². The molecule has 0 heteroatoms. The van der Waals surface area contributed by atoms with Gasteiger partial charge in [-0.2, -0.15) is 0 Å². The molecule has 2 saturated carbocycles. The molecule has 24 heavy (non-hydrogen) atoms. The van der Waals surface area contributed by atoms with Gasteiger partial charge in [-0.15, -0.1) is 0 Å². The maximum atomic E-state index is 4.01. The van der Waals surface area contributed by atoms with Gasteiger partial charge in [-0.1, -0.05) is 87.8 Å². The zero-order chi connectivity index (χ0) is 18.3. The molecule has 0 radical (unpaired) electrons. The van der Waals surface area contributed by atoms with Gasteiger partial charge in [-0.05, 0) is 67.6 Å². The van der Waals surface area contributed by atoms with Gasteiger partial charge in [0.2, 0.25) is 0 Å². The summed E-state index contributed by atoms with van der Waals surface area (Å²) in [5.41, 5.74) is 2.74. The Kier molecular flexibility index (Phi) is 12.3. The maximum Gasteiger partial charge on any atom is -0.0232 e. The van der Waals surface area contributed by atoms with Gasteiger partial charge < -0.3 is 0 Å². The average molecular weight is 339 g/mol. The third kappa shape index (κ3) is 8.21. The van der Waals surface area contributed by atoms with Crippen LogP contribution in [-0.4, -0.2) is 0 Å². The molecular weight excluding hydrogens is 288 g/mol. The summed E-state index contributed by atoms with van der Waals surface area (Å²) in [4.78, 5) is 0. The molecule has 146 valence electrons. The first-order chi connectivity index (χ1) is 10.7. The highest BCUT2D eigenvalue weighted by molar-refractivity contribution is 5.00.